The fourth-order valence-corrected chi connectivity index (χ4v) is 3.13. The van der Waals surface area contributed by atoms with Crippen molar-refractivity contribution in [3.63, 3.8) is 0 Å². The van der Waals surface area contributed by atoms with Crippen molar-refractivity contribution < 1.29 is 19.3 Å². The number of methoxy groups -OCH3 is 1. The van der Waals surface area contributed by atoms with Gasteiger partial charge in [-0.2, -0.15) is 19.6 Å². The van der Waals surface area contributed by atoms with E-state index in [4.69, 9.17) is 4.74 Å². The number of fused-ring (bicyclic) bond motifs is 1. The molecule has 0 radical (unpaired) electrons. The van der Waals surface area contributed by atoms with E-state index in [0.717, 1.165) is 5.56 Å². The van der Waals surface area contributed by atoms with Gasteiger partial charge in [0.2, 0.25) is 5.95 Å². The van der Waals surface area contributed by atoms with Gasteiger partial charge < -0.3 is 20.3 Å². The van der Waals surface area contributed by atoms with Crippen LogP contribution in [0, 0.1) is 5.82 Å². The van der Waals surface area contributed by atoms with Gasteiger partial charge in [-0.15, -0.1) is 0 Å². The maximum atomic E-state index is 13.4. The fourth-order valence-electron chi connectivity index (χ4n) is 3.13. The zero-order chi connectivity index (χ0) is 22.5. The molecule has 3 heterocycles. The van der Waals surface area contributed by atoms with Crippen LogP contribution >= 0.6 is 0 Å². The van der Waals surface area contributed by atoms with Gasteiger partial charge in [0.15, 0.2) is 17.4 Å². The first-order valence-electron chi connectivity index (χ1n) is 9.89. The summed E-state index contributed by atoms with van der Waals surface area (Å²) in [6.45, 7) is 1.34. The quantitative estimate of drug-likeness (QED) is 0.298. The molecular formula is C21H22FN7O3. The second kappa shape index (κ2) is 9.43. The summed E-state index contributed by atoms with van der Waals surface area (Å²) < 4.78 is 20.0. The minimum atomic E-state index is -0.289. The van der Waals surface area contributed by atoms with Crippen LogP contribution in [0.15, 0.2) is 41.5 Å². The van der Waals surface area contributed by atoms with E-state index in [-0.39, 0.29) is 17.6 Å². The number of halogens is 1. The Bertz CT molecular complexity index is 1350. The molecule has 0 aliphatic heterocycles. The number of H-pyrrole nitrogens is 1. The molecule has 4 rings (SSSR count). The molecule has 0 atom stereocenters. The standard InChI is InChI=1S/C21H22FN7O3/c1-32-8-7-23-20-27-18-15(10-14-11-17(30)26-19(14)31)12-25-29(18)21(28-20)24-6-5-13-3-2-4-16(22)9-13/h2-4,9-12,26,30-31H,5-8H2,1H3,(H,23,24,28). The van der Waals surface area contributed by atoms with Crippen molar-refractivity contribution in [1.82, 2.24) is 24.6 Å². The number of aromatic amines is 1. The molecule has 4 aromatic rings. The molecule has 0 saturated heterocycles. The van der Waals surface area contributed by atoms with E-state index in [0.29, 0.717) is 54.1 Å². The number of aromatic hydroxyl groups is 2. The SMILES string of the molecule is COCCNc1nc(=NCCc2cccc(F)c2)n2ncc(=Cc3cc(O)[nH]c3O)c2n1. The van der Waals surface area contributed by atoms with Crippen LogP contribution in [0.4, 0.5) is 10.3 Å². The summed E-state index contributed by atoms with van der Waals surface area (Å²) in [5.41, 5.74) is 2.00. The number of anilines is 1. The summed E-state index contributed by atoms with van der Waals surface area (Å²) in [5.74, 6) is -0.276. The van der Waals surface area contributed by atoms with Gasteiger partial charge in [-0.1, -0.05) is 12.1 Å². The zero-order valence-corrected chi connectivity index (χ0v) is 17.3. The normalized spacial score (nSPS) is 12.7. The molecule has 0 unspecified atom stereocenters. The van der Waals surface area contributed by atoms with Gasteiger partial charge in [-0.3, -0.25) is 4.98 Å². The summed E-state index contributed by atoms with van der Waals surface area (Å²) in [7, 11) is 1.60. The number of aromatic nitrogens is 5. The van der Waals surface area contributed by atoms with E-state index >= 15 is 0 Å². The maximum absolute atomic E-state index is 13.4. The Labute approximate surface area is 181 Å². The molecule has 166 valence electrons. The van der Waals surface area contributed by atoms with Crippen molar-refractivity contribution >= 4 is 17.7 Å². The Kier molecular flexibility index (Phi) is 6.26. The van der Waals surface area contributed by atoms with Gasteiger partial charge >= 0.3 is 0 Å². The average molecular weight is 439 g/mol. The lowest BCUT2D eigenvalue weighted by molar-refractivity contribution is 0.210. The second-order valence-electron chi connectivity index (χ2n) is 6.97. The van der Waals surface area contributed by atoms with E-state index in [1.807, 2.05) is 6.07 Å². The number of rotatable bonds is 8. The highest BCUT2D eigenvalue weighted by Gasteiger charge is 2.09. The van der Waals surface area contributed by atoms with Crippen LogP contribution in [0.1, 0.15) is 11.1 Å². The molecular weight excluding hydrogens is 417 g/mol. The minimum Gasteiger partial charge on any atom is -0.494 e. The molecule has 0 aliphatic carbocycles. The van der Waals surface area contributed by atoms with Crippen LogP contribution in [0.2, 0.25) is 0 Å². The van der Waals surface area contributed by atoms with Gasteiger partial charge in [0, 0.05) is 37.0 Å². The van der Waals surface area contributed by atoms with E-state index in [1.165, 1.54) is 22.7 Å². The molecule has 0 saturated carbocycles. The molecule has 0 amide bonds. The van der Waals surface area contributed by atoms with Crippen LogP contribution in [-0.4, -0.2) is 61.6 Å². The summed E-state index contributed by atoms with van der Waals surface area (Å²) in [6.07, 6.45) is 3.74. The van der Waals surface area contributed by atoms with Crippen LogP contribution in [0.5, 0.6) is 11.8 Å². The van der Waals surface area contributed by atoms with Gasteiger partial charge in [0.1, 0.15) is 5.82 Å². The highest BCUT2D eigenvalue weighted by Crippen LogP contribution is 2.21. The number of nitrogens with zero attached hydrogens (tertiary/aromatic N) is 5. The van der Waals surface area contributed by atoms with Crippen LogP contribution < -0.4 is 16.2 Å². The first kappa shape index (κ1) is 21.2. The van der Waals surface area contributed by atoms with Crippen LogP contribution in [0.25, 0.3) is 11.7 Å². The van der Waals surface area contributed by atoms with E-state index in [2.05, 4.69) is 30.4 Å². The Morgan fingerprint density at radius 2 is 2.16 bits per heavy atom. The Morgan fingerprint density at radius 1 is 1.28 bits per heavy atom. The van der Waals surface area contributed by atoms with Crippen LogP contribution in [-0.2, 0) is 11.2 Å². The fraction of sp³-hybridized carbons (Fsp3) is 0.238. The third-order valence-corrected chi connectivity index (χ3v) is 4.63. The van der Waals surface area contributed by atoms with Gasteiger partial charge in [0.05, 0.1) is 12.8 Å². The van der Waals surface area contributed by atoms with Crippen molar-refractivity contribution in [2.75, 3.05) is 32.1 Å². The lowest BCUT2D eigenvalue weighted by Crippen LogP contribution is -2.25. The maximum Gasteiger partial charge on any atom is 0.251 e. The largest absolute Gasteiger partial charge is 0.494 e. The second-order valence-corrected chi connectivity index (χ2v) is 6.97. The molecule has 0 spiro atoms. The average Bonchev–Trinajstić information content (AvgIpc) is 3.31. The lowest BCUT2D eigenvalue weighted by atomic mass is 10.1. The molecule has 1 aromatic carbocycles. The number of ether oxygens (including phenoxy) is 1. The molecule has 0 aliphatic rings. The highest BCUT2D eigenvalue weighted by molar-refractivity contribution is 5.61. The van der Waals surface area contributed by atoms with E-state index in [1.54, 1.807) is 25.4 Å². The summed E-state index contributed by atoms with van der Waals surface area (Å²) >= 11 is 0. The van der Waals surface area contributed by atoms with Crippen molar-refractivity contribution in [2.45, 2.75) is 6.42 Å². The third-order valence-electron chi connectivity index (χ3n) is 4.63. The lowest BCUT2D eigenvalue weighted by Gasteiger charge is -2.04. The van der Waals surface area contributed by atoms with Crippen molar-refractivity contribution in [3.05, 3.63) is 64.3 Å². The molecule has 3 aromatic heterocycles. The number of hydrogen-bond acceptors (Lipinski definition) is 8. The van der Waals surface area contributed by atoms with Gasteiger partial charge in [0.25, 0.3) is 5.62 Å². The summed E-state index contributed by atoms with van der Waals surface area (Å²) in [4.78, 5) is 15.9. The summed E-state index contributed by atoms with van der Waals surface area (Å²) in [5, 5.41) is 27.5. The third kappa shape index (κ3) is 4.83. The zero-order valence-electron chi connectivity index (χ0n) is 17.3. The number of benzene rings is 1. The molecule has 0 fully saturated rings. The number of nitrogens with one attached hydrogen (secondary N) is 2. The van der Waals surface area contributed by atoms with E-state index < -0.39 is 0 Å². The summed E-state index contributed by atoms with van der Waals surface area (Å²) in [6, 6.07) is 7.77. The highest BCUT2D eigenvalue weighted by atomic mass is 19.1. The smallest absolute Gasteiger partial charge is 0.251 e. The van der Waals surface area contributed by atoms with Crippen LogP contribution in [0.3, 0.4) is 0 Å². The van der Waals surface area contributed by atoms with Crippen molar-refractivity contribution in [3.8, 4) is 11.8 Å². The molecule has 4 N–H and O–H groups in total. The van der Waals surface area contributed by atoms with Crippen molar-refractivity contribution in [1.29, 1.82) is 0 Å². The first-order valence-corrected chi connectivity index (χ1v) is 9.89. The van der Waals surface area contributed by atoms with E-state index in [9.17, 15) is 14.6 Å². The molecule has 10 nitrogen and oxygen atoms in total. The molecule has 0 bridgehead atoms. The Balaban J connectivity index is 1.73. The predicted octanol–water partition coefficient (Wildman–Crippen LogP) is 0.752. The first-order chi connectivity index (χ1) is 15.5. The predicted molar refractivity (Wildman–Crippen MR) is 115 cm³/mol. The molecule has 32 heavy (non-hydrogen) atoms. The van der Waals surface area contributed by atoms with Gasteiger partial charge in [-0.05, 0) is 30.2 Å². The Hall–Kier alpha value is -3.99. The number of hydrogen-bond donors (Lipinski definition) is 4. The van der Waals surface area contributed by atoms with Gasteiger partial charge in [-0.25, -0.2) is 9.38 Å². The topological polar surface area (TPSA) is 133 Å². The van der Waals surface area contributed by atoms with Crippen molar-refractivity contribution in [2.24, 2.45) is 4.99 Å². The monoisotopic (exact) mass is 439 g/mol. The minimum absolute atomic E-state index is 0.158. The Morgan fingerprint density at radius 3 is 2.91 bits per heavy atom. The molecule has 11 heteroatoms.